The van der Waals surface area contributed by atoms with E-state index in [-0.39, 0.29) is 30.4 Å². The molecule has 44 heavy (non-hydrogen) atoms. The van der Waals surface area contributed by atoms with Crippen LogP contribution in [0.25, 0.3) is 22.2 Å². The fourth-order valence-electron chi connectivity index (χ4n) is 6.06. The van der Waals surface area contributed by atoms with Crippen LogP contribution in [0.2, 0.25) is 0 Å². The number of anilines is 1. The van der Waals surface area contributed by atoms with E-state index in [0.717, 1.165) is 71.6 Å². The minimum atomic E-state index is -0.262. The van der Waals surface area contributed by atoms with Gasteiger partial charge in [-0.05, 0) is 66.6 Å². The summed E-state index contributed by atoms with van der Waals surface area (Å²) >= 11 is 0. The number of para-hydroxylation sites is 2. The molecule has 9 heteroatoms. The molecule has 2 unspecified atom stereocenters. The summed E-state index contributed by atoms with van der Waals surface area (Å²) in [6.07, 6.45) is 3.82. The maximum atomic E-state index is 13.4. The molecule has 2 heterocycles. The van der Waals surface area contributed by atoms with Crippen LogP contribution in [0.3, 0.4) is 0 Å². The van der Waals surface area contributed by atoms with Crippen LogP contribution >= 0.6 is 0 Å². The quantitative estimate of drug-likeness (QED) is 0.210. The Kier molecular flexibility index (Phi) is 10.8. The summed E-state index contributed by atoms with van der Waals surface area (Å²) in [4.78, 5) is 32.1. The number of carbonyl (C=O) groups excluding carboxylic acids is 2. The van der Waals surface area contributed by atoms with Crippen molar-refractivity contribution in [2.75, 3.05) is 45.8 Å². The van der Waals surface area contributed by atoms with Crippen LogP contribution in [0, 0.1) is 0 Å². The van der Waals surface area contributed by atoms with Crippen molar-refractivity contribution in [3.8, 4) is 11.1 Å². The second kappa shape index (κ2) is 15.1. The first-order valence-electron chi connectivity index (χ1n) is 15.4. The monoisotopic (exact) mass is 597 g/mol. The summed E-state index contributed by atoms with van der Waals surface area (Å²) in [5.74, 6) is 1.18. The van der Waals surface area contributed by atoms with Gasteiger partial charge >= 0.3 is 0 Å². The topological polar surface area (TPSA) is 112 Å². The van der Waals surface area contributed by atoms with Crippen molar-refractivity contribution < 1.29 is 19.1 Å². The zero-order chi connectivity index (χ0) is 30.9. The Morgan fingerprint density at radius 2 is 1.73 bits per heavy atom. The van der Waals surface area contributed by atoms with Crippen molar-refractivity contribution in [3.63, 3.8) is 0 Å². The lowest BCUT2D eigenvalue weighted by molar-refractivity contribution is -0.132. The average molecular weight is 598 g/mol. The van der Waals surface area contributed by atoms with E-state index >= 15 is 0 Å². The first-order valence-corrected chi connectivity index (χ1v) is 15.4. The SMILES string of the molecule is COCCCn1c(C2CCCN(C(=O)CC(N)Cc3ccc(-c4ccc(NC(=O)COC)cc4)cc3)C2)nc2ccccc21. The number of nitrogens with one attached hydrogen (secondary N) is 1. The van der Waals surface area contributed by atoms with Crippen molar-refractivity contribution in [1.29, 1.82) is 0 Å². The van der Waals surface area contributed by atoms with Gasteiger partial charge in [0.05, 0.1) is 11.0 Å². The fourth-order valence-corrected chi connectivity index (χ4v) is 6.06. The molecule has 1 aliphatic heterocycles. The highest BCUT2D eigenvalue weighted by Gasteiger charge is 2.29. The number of ether oxygens (including phenoxy) is 2. The number of rotatable bonds is 13. The number of hydrogen-bond donors (Lipinski definition) is 2. The lowest BCUT2D eigenvalue weighted by Crippen LogP contribution is -2.42. The predicted octanol–water partition coefficient (Wildman–Crippen LogP) is 4.99. The highest BCUT2D eigenvalue weighted by Crippen LogP contribution is 2.30. The summed E-state index contributed by atoms with van der Waals surface area (Å²) in [6, 6.07) is 24.0. The van der Waals surface area contributed by atoms with Crippen molar-refractivity contribution in [2.24, 2.45) is 5.73 Å². The van der Waals surface area contributed by atoms with Gasteiger partial charge in [-0.15, -0.1) is 0 Å². The number of imidazole rings is 1. The third kappa shape index (κ3) is 7.91. The largest absolute Gasteiger partial charge is 0.385 e. The number of benzene rings is 3. The second-order valence-electron chi connectivity index (χ2n) is 11.6. The van der Waals surface area contributed by atoms with E-state index in [2.05, 4.69) is 52.3 Å². The molecular formula is C35H43N5O4. The fraction of sp³-hybridized carbons (Fsp3) is 0.400. The highest BCUT2D eigenvalue weighted by molar-refractivity contribution is 5.92. The van der Waals surface area contributed by atoms with Crippen molar-refractivity contribution in [1.82, 2.24) is 14.5 Å². The minimum Gasteiger partial charge on any atom is -0.385 e. The minimum absolute atomic E-state index is 0.0228. The molecule has 5 rings (SSSR count). The van der Waals surface area contributed by atoms with E-state index in [1.54, 1.807) is 7.11 Å². The molecule has 3 aromatic carbocycles. The van der Waals surface area contributed by atoms with E-state index in [1.807, 2.05) is 35.2 Å². The number of carbonyl (C=O) groups is 2. The molecule has 0 aliphatic carbocycles. The molecule has 0 radical (unpaired) electrons. The number of fused-ring (bicyclic) bond motifs is 1. The summed E-state index contributed by atoms with van der Waals surface area (Å²) < 4.78 is 12.5. The van der Waals surface area contributed by atoms with Crippen molar-refractivity contribution in [3.05, 3.63) is 84.2 Å². The Hall–Kier alpha value is -4.05. The van der Waals surface area contributed by atoms with Crippen LogP contribution in [-0.4, -0.2) is 72.8 Å². The molecule has 1 aromatic heterocycles. The predicted molar refractivity (Wildman–Crippen MR) is 173 cm³/mol. The molecule has 0 bridgehead atoms. The molecular weight excluding hydrogens is 554 g/mol. The van der Waals surface area contributed by atoms with Crippen LogP contribution in [-0.2, 0) is 32.0 Å². The Morgan fingerprint density at radius 1 is 1.00 bits per heavy atom. The lowest BCUT2D eigenvalue weighted by Gasteiger charge is -2.33. The molecule has 1 fully saturated rings. The zero-order valence-corrected chi connectivity index (χ0v) is 25.7. The number of amides is 2. The van der Waals surface area contributed by atoms with Crippen molar-refractivity contribution >= 4 is 28.5 Å². The van der Waals surface area contributed by atoms with E-state index in [9.17, 15) is 9.59 Å². The first kappa shape index (κ1) is 31.4. The van der Waals surface area contributed by atoms with Gasteiger partial charge in [0.15, 0.2) is 0 Å². The molecule has 1 aliphatic rings. The smallest absolute Gasteiger partial charge is 0.250 e. The molecule has 3 N–H and O–H groups in total. The maximum absolute atomic E-state index is 13.4. The van der Waals surface area contributed by atoms with Crippen LogP contribution in [0.5, 0.6) is 0 Å². The summed E-state index contributed by atoms with van der Waals surface area (Å²) in [6.45, 7) is 2.99. The molecule has 4 aromatic rings. The Labute approximate surface area is 259 Å². The third-order valence-corrected chi connectivity index (χ3v) is 8.22. The number of aryl methyl sites for hydroxylation is 1. The Bertz CT molecular complexity index is 1530. The van der Waals surface area contributed by atoms with Gasteiger partial charge in [-0.25, -0.2) is 4.98 Å². The lowest BCUT2D eigenvalue weighted by atomic mass is 9.95. The molecule has 9 nitrogen and oxygen atoms in total. The van der Waals surface area contributed by atoms with Gasteiger partial charge in [0, 0.05) is 64.5 Å². The summed E-state index contributed by atoms with van der Waals surface area (Å²) in [7, 11) is 3.22. The van der Waals surface area contributed by atoms with Gasteiger partial charge in [0.25, 0.3) is 0 Å². The normalized spacial score (nSPS) is 15.8. The molecule has 2 atom stereocenters. The molecule has 2 amide bonds. The number of methoxy groups -OCH3 is 2. The van der Waals surface area contributed by atoms with E-state index < -0.39 is 0 Å². The van der Waals surface area contributed by atoms with Gasteiger partial charge in [0.2, 0.25) is 11.8 Å². The molecule has 0 saturated carbocycles. The second-order valence-corrected chi connectivity index (χ2v) is 11.6. The van der Waals surface area contributed by atoms with Crippen LogP contribution < -0.4 is 11.1 Å². The van der Waals surface area contributed by atoms with Gasteiger partial charge in [-0.3, -0.25) is 9.59 Å². The number of hydrogen-bond acceptors (Lipinski definition) is 6. The van der Waals surface area contributed by atoms with E-state index in [0.29, 0.717) is 26.0 Å². The number of nitrogens with zero attached hydrogens (tertiary/aromatic N) is 3. The van der Waals surface area contributed by atoms with Crippen LogP contribution in [0.4, 0.5) is 5.69 Å². The van der Waals surface area contributed by atoms with Gasteiger partial charge < -0.3 is 30.0 Å². The van der Waals surface area contributed by atoms with E-state index in [1.165, 1.54) is 7.11 Å². The standard InChI is InChI=1S/C35H43N5O4/c1-43-20-6-19-40-32-9-4-3-8-31(32)38-35(40)28-7-5-18-39(23-28)34(42)22-29(36)21-25-10-12-26(13-11-25)27-14-16-30(17-15-27)37-33(41)24-44-2/h3-4,8-17,28-29H,5-7,18-24,36H2,1-2H3,(H,37,41). The average Bonchev–Trinajstić information content (AvgIpc) is 3.41. The molecule has 232 valence electrons. The highest BCUT2D eigenvalue weighted by atomic mass is 16.5. The molecule has 1 saturated heterocycles. The first-order chi connectivity index (χ1) is 21.4. The van der Waals surface area contributed by atoms with Gasteiger partial charge in [0.1, 0.15) is 12.4 Å². The van der Waals surface area contributed by atoms with Crippen molar-refractivity contribution in [2.45, 2.75) is 50.6 Å². The Balaban J connectivity index is 1.16. The van der Waals surface area contributed by atoms with Gasteiger partial charge in [-0.1, -0.05) is 48.5 Å². The third-order valence-electron chi connectivity index (χ3n) is 8.22. The molecule has 0 spiro atoms. The zero-order valence-electron chi connectivity index (χ0n) is 25.7. The van der Waals surface area contributed by atoms with Gasteiger partial charge in [-0.2, -0.15) is 0 Å². The number of aromatic nitrogens is 2. The number of nitrogens with two attached hydrogens (primary N) is 1. The Morgan fingerprint density at radius 3 is 2.45 bits per heavy atom. The summed E-state index contributed by atoms with van der Waals surface area (Å²) in [5, 5.41) is 2.80. The number of likely N-dealkylation sites (tertiary alicyclic amines) is 1. The van der Waals surface area contributed by atoms with Crippen LogP contribution in [0.1, 0.15) is 43.0 Å². The van der Waals surface area contributed by atoms with Crippen LogP contribution in [0.15, 0.2) is 72.8 Å². The maximum Gasteiger partial charge on any atom is 0.250 e. The number of piperidine rings is 1. The van der Waals surface area contributed by atoms with E-state index in [4.69, 9.17) is 20.2 Å². The summed E-state index contributed by atoms with van der Waals surface area (Å²) in [5.41, 5.74) is 12.6.